The number of nitrogens with zero attached hydrogens (tertiary/aromatic N) is 1. The van der Waals surface area contributed by atoms with Gasteiger partial charge in [0, 0.05) is 39.9 Å². The fourth-order valence-corrected chi connectivity index (χ4v) is 5.68. The summed E-state index contributed by atoms with van der Waals surface area (Å²) in [6.45, 7) is 3.61. The van der Waals surface area contributed by atoms with Crippen molar-refractivity contribution in [3.8, 4) is 17.2 Å². The van der Waals surface area contributed by atoms with E-state index in [0.717, 1.165) is 0 Å². The molecule has 13 heteroatoms. The van der Waals surface area contributed by atoms with Gasteiger partial charge in [-0.05, 0) is 61.4 Å². The zero-order chi connectivity index (χ0) is 35.5. The lowest BCUT2D eigenvalue weighted by Crippen LogP contribution is -2.30. The summed E-state index contributed by atoms with van der Waals surface area (Å²) in [5.41, 5.74) is 2.07. The molecule has 0 saturated heterocycles. The second kappa shape index (κ2) is 16.8. The summed E-state index contributed by atoms with van der Waals surface area (Å²) in [7, 11) is 4.44. The van der Waals surface area contributed by atoms with E-state index in [0.29, 0.717) is 56.6 Å². The molecule has 0 saturated carbocycles. The van der Waals surface area contributed by atoms with E-state index in [-0.39, 0.29) is 17.3 Å². The molecule has 1 unspecified atom stereocenters. The van der Waals surface area contributed by atoms with Crippen molar-refractivity contribution in [3.05, 3.63) is 117 Å². The van der Waals surface area contributed by atoms with Crippen molar-refractivity contribution in [1.29, 1.82) is 0 Å². The van der Waals surface area contributed by atoms with E-state index in [2.05, 4.69) is 16.0 Å². The lowest BCUT2D eigenvalue weighted by atomic mass is 10.1. The van der Waals surface area contributed by atoms with Gasteiger partial charge in [-0.2, -0.15) is 0 Å². The van der Waals surface area contributed by atoms with Gasteiger partial charge < -0.3 is 30.2 Å². The predicted octanol–water partition coefficient (Wildman–Crippen LogP) is 6.85. The number of carbonyl (C=O) groups is 3. The largest absolute Gasteiger partial charge is 0.496 e. The molecule has 0 bridgehead atoms. The first-order valence-corrected chi connectivity index (χ1v) is 16.0. The van der Waals surface area contributed by atoms with Gasteiger partial charge in [0.15, 0.2) is 11.5 Å². The van der Waals surface area contributed by atoms with Gasteiger partial charge in [-0.25, -0.2) is 0 Å². The number of hydrogen-bond donors (Lipinski definition) is 3. The first kappa shape index (κ1) is 36.0. The van der Waals surface area contributed by atoms with Gasteiger partial charge in [0.2, 0.25) is 5.91 Å². The molecule has 0 spiro atoms. The number of carbonyl (C=O) groups excluding carboxylic acids is 3. The number of nitrogens with one attached hydrogen (secondary N) is 3. The molecule has 0 aliphatic rings. The van der Waals surface area contributed by atoms with Crippen LogP contribution in [0.4, 0.5) is 17.1 Å². The Kier molecular flexibility index (Phi) is 12.4. The molecule has 0 aromatic heterocycles. The lowest BCUT2D eigenvalue weighted by Gasteiger charge is -2.17. The van der Waals surface area contributed by atoms with Crippen LogP contribution in [0.3, 0.4) is 0 Å². The number of hydrogen-bond acceptors (Lipinski definition) is 9. The highest BCUT2D eigenvalue weighted by Crippen LogP contribution is 2.36. The van der Waals surface area contributed by atoms with E-state index in [4.69, 9.17) is 14.2 Å². The van der Waals surface area contributed by atoms with Crippen molar-refractivity contribution in [2.24, 2.45) is 0 Å². The van der Waals surface area contributed by atoms with E-state index >= 15 is 0 Å². The van der Waals surface area contributed by atoms with E-state index in [1.807, 2.05) is 6.92 Å². The predicted molar refractivity (Wildman–Crippen MR) is 189 cm³/mol. The second-order valence-corrected chi connectivity index (χ2v) is 11.8. The van der Waals surface area contributed by atoms with Crippen molar-refractivity contribution < 1.29 is 33.5 Å². The van der Waals surface area contributed by atoms with Crippen molar-refractivity contribution in [2.45, 2.75) is 30.4 Å². The Hall–Kier alpha value is -5.82. The van der Waals surface area contributed by atoms with Gasteiger partial charge >= 0.3 is 0 Å². The molecule has 3 N–H and O–H groups in total. The number of methoxy groups -OCH3 is 3. The number of aryl methyl sites for hydroxylation is 1. The minimum Gasteiger partial charge on any atom is -0.496 e. The summed E-state index contributed by atoms with van der Waals surface area (Å²) in [6.07, 6.45) is 1.94. The standard InChI is InChI=1S/C36H36N4O8S/c1-6-33(36(43)38-28-20-26(40(44)45)16-15-22(28)2)49-27-14-10-13-25(19-27)37-35(42)29(39-34(41)23-11-8-7-9-12-23)17-24-18-31(47-4)32(48-5)21-30(24)46-3/h7-21,33H,6H2,1-5H3,(H,37,42)(H,38,43)(H,39,41)/b29-17+. The number of nitro benzene ring substituents is 1. The zero-order valence-electron chi connectivity index (χ0n) is 27.6. The molecule has 0 heterocycles. The summed E-state index contributed by atoms with van der Waals surface area (Å²) in [6, 6.07) is 22.9. The smallest absolute Gasteiger partial charge is 0.272 e. The van der Waals surface area contributed by atoms with Crippen LogP contribution in [0.25, 0.3) is 6.08 Å². The summed E-state index contributed by atoms with van der Waals surface area (Å²) in [4.78, 5) is 51.6. The topological polar surface area (TPSA) is 158 Å². The number of thioether (sulfide) groups is 1. The van der Waals surface area contributed by atoms with Gasteiger partial charge in [0.25, 0.3) is 17.5 Å². The zero-order valence-corrected chi connectivity index (χ0v) is 28.4. The Labute approximate surface area is 288 Å². The highest BCUT2D eigenvalue weighted by Gasteiger charge is 2.22. The van der Waals surface area contributed by atoms with Crippen molar-refractivity contribution >= 4 is 52.6 Å². The number of anilines is 2. The highest BCUT2D eigenvalue weighted by molar-refractivity contribution is 8.00. The van der Waals surface area contributed by atoms with Gasteiger partial charge in [-0.1, -0.05) is 37.3 Å². The normalized spacial score (nSPS) is 11.6. The minimum absolute atomic E-state index is 0.0736. The van der Waals surface area contributed by atoms with Crippen LogP contribution in [0.1, 0.15) is 34.8 Å². The summed E-state index contributed by atoms with van der Waals surface area (Å²) < 4.78 is 16.3. The average molecular weight is 685 g/mol. The van der Waals surface area contributed by atoms with Crippen LogP contribution in [0.2, 0.25) is 0 Å². The van der Waals surface area contributed by atoms with E-state index < -0.39 is 22.0 Å². The number of ether oxygens (including phenoxy) is 3. The maximum atomic E-state index is 13.8. The van der Waals surface area contributed by atoms with Crippen molar-refractivity contribution in [1.82, 2.24) is 5.32 Å². The van der Waals surface area contributed by atoms with Gasteiger partial charge in [-0.3, -0.25) is 24.5 Å². The maximum Gasteiger partial charge on any atom is 0.272 e. The first-order valence-electron chi connectivity index (χ1n) is 15.1. The number of rotatable bonds is 14. The van der Waals surface area contributed by atoms with Crippen molar-refractivity contribution in [3.63, 3.8) is 0 Å². The Morgan fingerprint density at radius 3 is 2.20 bits per heavy atom. The van der Waals surface area contributed by atoms with Crippen LogP contribution in [0, 0.1) is 17.0 Å². The van der Waals surface area contributed by atoms with Gasteiger partial charge in [-0.15, -0.1) is 11.8 Å². The number of nitro groups is 1. The molecule has 0 aliphatic carbocycles. The molecule has 3 amide bonds. The maximum absolute atomic E-state index is 13.8. The molecule has 49 heavy (non-hydrogen) atoms. The number of non-ortho nitro benzene ring substituents is 1. The van der Waals surface area contributed by atoms with Crippen LogP contribution in [-0.4, -0.2) is 49.2 Å². The molecule has 0 fully saturated rings. The molecule has 0 aliphatic heterocycles. The molecule has 12 nitrogen and oxygen atoms in total. The molecule has 4 aromatic carbocycles. The quantitative estimate of drug-likeness (QED) is 0.0559. The summed E-state index contributed by atoms with van der Waals surface area (Å²) in [5.74, 6) is -0.244. The second-order valence-electron chi connectivity index (χ2n) is 10.6. The monoisotopic (exact) mass is 684 g/mol. The van der Waals surface area contributed by atoms with Gasteiger partial charge in [0.1, 0.15) is 11.4 Å². The lowest BCUT2D eigenvalue weighted by molar-refractivity contribution is -0.384. The minimum atomic E-state index is -0.616. The molecular weight excluding hydrogens is 648 g/mol. The third-order valence-electron chi connectivity index (χ3n) is 7.29. The number of benzene rings is 4. The molecule has 4 rings (SSSR count). The fourth-order valence-electron chi connectivity index (χ4n) is 4.67. The van der Waals surface area contributed by atoms with Crippen LogP contribution in [-0.2, 0) is 9.59 Å². The van der Waals surface area contributed by atoms with E-state index in [1.165, 1.54) is 51.3 Å². The Balaban J connectivity index is 1.59. The molecule has 1 atom stereocenters. The van der Waals surface area contributed by atoms with Crippen LogP contribution < -0.4 is 30.2 Å². The Morgan fingerprint density at radius 1 is 0.857 bits per heavy atom. The van der Waals surface area contributed by atoms with Gasteiger partial charge in [0.05, 0.1) is 37.2 Å². The average Bonchev–Trinajstić information content (AvgIpc) is 3.11. The molecule has 4 aromatic rings. The fraction of sp³-hybridized carbons (Fsp3) is 0.194. The van der Waals surface area contributed by atoms with E-state index in [1.54, 1.807) is 79.7 Å². The van der Waals surface area contributed by atoms with Crippen LogP contribution in [0.15, 0.2) is 95.5 Å². The third-order valence-corrected chi connectivity index (χ3v) is 8.65. The SMILES string of the molecule is CCC(Sc1cccc(NC(=O)/C(=C\c2cc(OC)c(OC)cc2OC)NC(=O)c2ccccc2)c1)C(=O)Nc1cc([N+](=O)[O-])ccc1C. The van der Waals surface area contributed by atoms with Crippen LogP contribution >= 0.6 is 11.8 Å². The molecule has 254 valence electrons. The molecule has 0 radical (unpaired) electrons. The summed E-state index contributed by atoms with van der Waals surface area (Å²) in [5, 5.41) is 19.1. The van der Waals surface area contributed by atoms with E-state index in [9.17, 15) is 24.5 Å². The molecular formula is C36H36N4O8S. The Bertz CT molecular complexity index is 1880. The first-order chi connectivity index (χ1) is 23.6. The Morgan fingerprint density at radius 2 is 1.55 bits per heavy atom. The van der Waals surface area contributed by atoms with Crippen LogP contribution in [0.5, 0.6) is 17.2 Å². The summed E-state index contributed by atoms with van der Waals surface area (Å²) >= 11 is 1.28. The number of amides is 3. The van der Waals surface area contributed by atoms with Crippen molar-refractivity contribution in [2.75, 3.05) is 32.0 Å². The third kappa shape index (κ3) is 9.39. The highest BCUT2D eigenvalue weighted by atomic mass is 32.2.